The fourth-order valence-corrected chi connectivity index (χ4v) is 1.91. The predicted molar refractivity (Wildman–Crippen MR) is 73.2 cm³/mol. The van der Waals surface area contributed by atoms with Crippen molar-refractivity contribution in [2.45, 2.75) is 19.8 Å². The van der Waals surface area contributed by atoms with E-state index in [9.17, 15) is 4.79 Å². The van der Waals surface area contributed by atoms with Crippen LogP contribution < -0.4 is 4.74 Å². The molecule has 0 atom stereocenters. The molecule has 0 N–H and O–H groups in total. The zero-order chi connectivity index (χ0) is 13.7. The lowest BCUT2D eigenvalue weighted by molar-refractivity contribution is -0.116. The van der Waals surface area contributed by atoms with Crippen LogP contribution >= 0.6 is 0 Å². The van der Waals surface area contributed by atoms with Gasteiger partial charge in [0.2, 0.25) is 0 Å². The fraction of sp³-hybridized carbons (Fsp3) is 0.333. The summed E-state index contributed by atoms with van der Waals surface area (Å²) in [7, 11) is 1.92. The van der Waals surface area contributed by atoms with Crippen LogP contribution in [0.1, 0.15) is 18.2 Å². The highest BCUT2D eigenvalue weighted by Gasteiger charge is 2.01. The third-order valence-corrected chi connectivity index (χ3v) is 2.93. The molecule has 1 heterocycles. The molecule has 0 aliphatic carbocycles. The topological polar surface area (TPSA) is 44.1 Å². The Bertz CT molecular complexity index is 544. The Morgan fingerprint density at radius 2 is 2.00 bits per heavy atom. The predicted octanol–water partition coefficient (Wildman–Crippen LogP) is 2.17. The Morgan fingerprint density at radius 3 is 2.58 bits per heavy atom. The van der Waals surface area contributed by atoms with Gasteiger partial charge in [-0.25, -0.2) is 0 Å². The molecule has 1 aromatic heterocycles. The summed E-state index contributed by atoms with van der Waals surface area (Å²) in [6.45, 7) is 2.21. The van der Waals surface area contributed by atoms with E-state index in [-0.39, 0.29) is 5.78 Å². The highest BCUT2D eigenvalue weighted by molar-refractivity contribution is 5.78. The smallest absolute Gasteiger partial charge is 0.134 e. The Hall–Kier alpha value is -2.10. The largest absolute Gasteiger partial charge is 0.493 e. The van der Waals surface area contributed by atoms with Gasteiger partial charge in [0.15, 0.2) is 0 Å². The van der Waals surface area contributed by atoms with Gasteiger partial charge in [-0.05, 0) is 30.7 Å². The summed E-state index contributed by atoms with van der Waals surface area (Å²) in [6, 6.07) is 9.66. The lowest BCUT2D eigenvalue weighted by Gasteiger charge is -2.07. The van der Waals surface area contributed by atoms with Crippen molar-refractivity contribution in [3.63, 3.8) is 0 Å². The molecule has 0 radical (unpaired) electrons. The minimum absolute atomic E-state index is 0.171. The Balaban J connectivity index is 1.83. The van der Waals surface area contributed by atoms with Crippen LogP contribution in [0.25, 0.3) is 0 Å². The highest BCUT2D eigenvalue weighted by Crippen LogP contribution is 2.13. The molecule has 0 saturated carbocycles. The second kappa shape index (κ2) is 6.18. The lowest BCUT2D eigenvalue weighted by Crippen LogP contribution is -2.06. The van der Waals surface area contributed by atoms with E-state index in [0.29, 0.717) is 13.0 Å². The van der Waals surface area contributed by atoms with Gasteiger partial charge in [0, 0.05) is 31.8 Å². The molecule has 1 aromatic carbocycles. The first-order chi connectivity index (χ1) is 9.15. The van der Waals surface area contributed by atoms with Gasteiger partial charge in [-0.15, -0.1) is 0 Å². The second-order valence-corrected chi connectivity index (χ2v) is 4.57. The molecule has 100 valence electrons. The van der Waals surface area contributed by atoms with Crippen molar-refractivity contribution in [2.75, 3.05) is 6.61 Å². The molecule has 0 amide bonds. The number of ketones is 1. The van der Waals surface area contributed by atoms with Crippen molar-refractivity contribution in [1.29, 1.82) is 0 Å². The molecule has 0 saturated heterocycles. The van der Waals surface area contributed by atoms with Crippen molar-refractivity contribution >= 4 is 5.78 Å². The highest BCUT2D eigenvalue weighted by atomic mass is 16.5. The van der Waals surface area contributed by atoms with E-state index in [0.717, 1.165) is 23.4 Å². The number of aryl methyl sites for hydroxylation is 1. The summed E-state index contributed by atoms with van der Waals surface area (Å²) in [4.78, 5) is 11.0. The lowest BCUT2D eigenvalue weighted by atomic mass is 10.1. The summed E-state index contributed by atoms with van der Waals surface area (Å²) in [5.74, 6) is 0.999. The van der Waals surface area contributed by atoms with Crippen molar-refractivity contribution in [2.24, 2.45) is 7.05 Å². The molecule has 0 aliphatic heterocycles. The number of hydrogen-bond acceptors (Lipinski definition) is 3. The zero-order valence-corrected chi connectivity index (χ0v) is 11.3. The molecule has 0 spiro atoms. The number of ether oxygens (including phenoxy) is 1. The molecule has 0 bridgehead atoms. The molecule has 4 nitrogen and oxygen atoms in total. The molecule has 2 rings (SSSR count). The molecule has 0 unspecified atom stereocenters. The van der Waals surface area contributed by atoms with E-state index in [4.69, 9.17) is 4.74 Å². The van der Waals surface area contributed by atoms with Crippen LogP contribution in [0.2, 0.25) is 0 Å². The number of benzene rings is 1. The number of Topliss-reactive ketones (excluding diaryl/α,β-unsaturated/α-hetero) is 1. The van der Waals surface area contributed by atoms with Crippen LogP contribution in [0.15, 0.2) is 36.5 Å². The number of carbonyl (C=O) groups excluding carboxylic acids is 1. The maximum absolute atomic E-state index is 11.0. The molecule has 2 aromatic rings. The van der Waals surface area contributed by atoms with E-state index in [1.165, 1.54) is 0 Å². The summed E-state index contributed by atoms with van der Waals surface area (Å²) in [5.41, 5.74) is 2.17. The second-order valence-electron chi connectivity index (χ2n) is 4.57. The van der Waals surface area contributed by atoms with Crippen LogP contribution in [0.4, 0.5) is 0 Å². The summed E-state index contributed by atoms with van der Waals surface area (Å²) < 4.78 is 7.51. The van der Waals surface area contributed by atoms with E-state index in [2.05, 4.69) is 5.10 Å². The van der Waals surface area contributed by atoms with Crippen LogP contribution in [-0.4, -0.2) is 22.2 Å². The number of nitrogens with zero attached hydrogens (tertiary/aromatic N) is 2. The maximum Gasteiger partial charge on any atom is 0.134 e. The maximum atomic E-state index is 11.0. The average molecular weight is 258 g/mol. The van der Waals surface area contributed by atoms with Crippen LogP contribution in [-0.2, 0) is 24.7 Å². The van der Waals surface area contributed by atoms with E-state index < -0.39 is 0 Å². The first-order valence-electron chi connectivity index (χ1n) is 6.33. The van der Waals surface area contributed by atoms with E-state index in [1.807, 2.05) is 42.1 Å². The Kier molecular flexibility index (Phi) is 4.34. The molecule has 19 heavy (non-hydrogen) atoms. The minimum atomic E-state index is 0.171. The van der Waals surface area contributed by atoms with Gasteiger partial charge in [-0.3, -0.25) is 9.48 Å². The normalized spacial score (nSPS) is 10.4. The number of hydrogen-bond donors (Lipinski definition) is 0. The van der Waals surface area contributed by atoms with Crippen LogP contribution in [0.5, 0.6) is 5.75 Å². The van der Waals surface area contributed by atoms with Gasteiger partial charge in [-0.1, -0.05) is 12.1 Å². The Labute approximate surface area is 113 Å². The van der Waals surface area contributed by atoms with Crippen LogP contribution in [0, 0.1) is 0 Å². The fourth-order valence-electron chi connectivity index (χ4n) is 1.91. The molecule has 4 heteroatoms. The zero-order valence-electron chi connectivity index (χ0n) is 11.3. The third kappa shape index (κ3) is 3.95. The monoisotopic (exact) mass is 258 g/mol. The molecular weight excluding hydrogens is 240 g/mol. The molecular formula is C15H18N2O2. The molecule has 0 aliphatic rings. The number of carbonyl (C=O) groups is 1. The summed E-state index contributed by atoms with van der Waals surface area (Å²) >= 11 is 0. The number of aromatic nitrogens is 2. The van der Waals surface area contributed by atoms with Gasteiger partial charge in [0.25, 0.3) is 0 Å². The van der Waals surface area contributed by atoms with Gasteiger partial charge in [-0.2, -0.15) is 5.10 Å². The SMILES string of the molecule is CC(=O)Cc1ccc(OCCc2ccnn2C)cc1. The summed E-state index contributed by atoms with van der Waals surface area (Å²) in [6.07, 6.45) is 3.09. The van der Waals surface area contributed by atoms with Gasteiger partial charge >= 0.3 is 0 Å². The standard InChI is InChI=1S/C15H18N2O2/c1-12(18)11-13-3-5-15(6-4-13)19-10-8-14-7-9-16-17(14)2/h3-7,9H,8,10-11H2,1-2H3. The van der Waals surface area contributed by atoms with Crippen molar-refractivity contribution in [1.82, 2.24) is 9.78 Å². The first-order valence-corrected chi connectivity index (χ1v) is 6.33. The van der Waals surface area contributed by atoms with Crippen LogP contribution in [0.3, 0.4) is 0 Å². The van der Waals surface area contributed by atoms with Crippen molar-refractivity contribution in [3.8, 4) is 5.75 Å². The van der Waals surface area contributed by atoms with Gasteiger partial charge < -0.3 is 4.74 Å². The van der Waals surface area contributed by atoms with Crippen molar-refractivity contribution in [3.05, 3.63) is 47.8 Å². The number of rotatable bonds is 6. The van der Waals surface area contributed by atoms with Crippen molar-refractivity contribution < 1.29 is 9.53 Å². The first kappa shape index (κ1) is 13.3. The molecule has 0 fully saturated rings. The van der Waals surface area contributed by atoms with E-state index >= 15 is 0 Å². The van der Waals surface area contributed by atoms with E-state index in [1.54, 1.807) is 13.1 Å². The summed E-state index contributed by atoms with van der Waals surface area (Å²) in [5, 5.41) is 4.11. The Morgan fingerprint density at radius 1 is 1.26 bits per heavy atom. The average Bonchev–Trinajstić information content (AvgIpc) is 2.77. The van der Waals surface area contributed by atoms with Gasteiger partial charge in [0.05, 0.1) is 6.61 Å². The quantitative estimate of drug-likeness (QED) is 0.797. The minimum Gasteiger partial charge on any atom is -0.493 e. The third-order valence-electron chi connectivity index (χ3n) is 2.93. The van der Waals surface area contributed by atoms with Gasteiger partial charge in [0.1, 0.15) is 11.5 Å².